The Bertz CT molecular complexity index is 1850. The molecule has 0 bridgehead atoms. The molecule has 0 spiro atoms. The van der Waals surface area contributed by atoms with E-state index in [4.69, 9.17) is 9.47 Å². The Morgan fingerprint density at radius 2 is 1.32 bits per heavy atom. The van der Waals surface area contributed by atoms with Crippen molar-refractivity contribution in [2.45, 2.75) is 103 Å². The molecule has 0 saturated carbocycles. The fraction of sp³-hybridized carbons (Fsp3) is 0.462. The van der Waals surface area contributed by atoms with Gasteiger partial charge in [0.1, 0.15) is 37.3 Å². The summed E-state index contributed by atoms with van der Waals surface area (Å²) in [6.07, 6.45) is -6.78. The van der Waals surface area contributed by atoms with Crippen LogP contribution in [0, 0.1) is 5.92 Å². The van der Waals surface area contributed by atoms with Crippen molar-refractivity contribution >= 4 is 53.5 Å². The van der Waals surface area contributed by atoms with Crippen LogP contribution in [-0.4, -0.2) is 123 Å². The SMILES string of the molecule is CC(C)CC(NC(=O)OCc1ccccc1)C(=O)NC(CCC(=O)O)C(=O)NC(C(=O)NN(CC(=O)O)C(=O)[C@@H]1O[C@H]1C(=O)NC(C)C(=O)NCc1ccccc1)C(C)O. The zero-order chi connectivity index (χ0) is 44.5. The van der Waals surface area contributed by atoms with Crippen molar-refractivity contribution < 1.29 is 67.9 Å². The molecule has 5 unspecified atom stereocenters. The van der Waals surface area contributed by atoms with Crippen molar-refractivity contribution in [3.8, 4) is 0 Å². The highest BCUT2D eigenvalue weighted by atomic mass is 16.6. The van der Waals surface area contributed by atoms with Crippen LogP contribution in [0.2, 0.25) is 0 Å². The molecule has 3 rings (SSSR count). The van der Waals surface area contributed by atoms with E-state index in [0.717, 1.165) is 12.5 Å². The smallest absolute Gasteiger partial charge is 0.408 e. The van der Waals surface area contributed by atoms with E-state index in [1.807, 2.05) is 5.43 Å². The number of benzene rings is 2. The molecule has 1 saturated heterocycles. The molecule has 0 aliphatic carbocycles. The summed E-state index contributed by atoms with van der Waals surface area (Å²) in [5, 5.41) is 41.6. The lowest BCUT2D eigenvalue weighted by molar-refractivity contribution is -0.152. The number of hydrogen-bond acceptors (Lipinski definition) is 12. The van der Waals surface area contributed by atoms with Gasteiger partial charge >= 0.3 is 18.0 Å². The van der Waals surface area contributed by atoms with E-state index in [1.165, 1.54) is 6.92 Å². The third-order valence-electron chi connectivity index (χ3n) is 8.73. The average molecular weight is 842 g/mol. The van der Waals surface area contributed by atoms with Crippen LogP contribution >= 0.6 is 0 Å². The number of alkyl carbamates (subject to hydrolysis) is 1. The number of ether oxygens (including phenoxy) is 2. The first kappa shape index (κ1) is 47.8. The summed E-state index contributed by atoms with van der Waals surface area (Å²) in [7, 11) is 0. The number of carboxylic acids is 2. The molecule has 326 valence electrons. The summed E-state index contributed by atoms with van der Waals surface area (Å²) in [4.78, 5) is 115. The fourth-order valence-corrected chi connectivity index (χ4v) is 5.54. The molecule has 7 atom stereocenters. The minimum absolute atomic E-state index is 0.0715. The number of rotatable bonds is 22. The topological polar surface area (TPSA) is 311 Å². The van der Waals surface area contributed by atoms with Gasteiger partial charge in [-0.05, 0) is 43.7 Å². The normalized spacial score (nSPS) is 16.6. The van der Waals surface area contributed by atoms with Gasteiger partial charge in [0.05, 0.1) is 6.10 Å². The standard InChI is InChI=1S/C39H51N7O14/c1-21(2)17-27(43-39(58)59-20-25-13-9-6-10-14-25)35(54)42-26(15-16-28(48)49)34(53)44-30(23(4)47)36(55)45-46(19-29(50)51)38(57)32-31(60-32)37(56)41-22(3)33(52)40-18-24-11-7-5-8-12-24/h5-14,21-23,26-27,30-32,47H,15-20H2,1-4H3,(H,40,52)(H,41,56)(H,42,54)(H,43,58)(H,44,53)(H,45,55)(H,48,49)(H,50,51)/t22?,23?,26?,27?,30?,31-,32-/m1/s1. The second-order valence-corrected chi connectivity index (χ2v) is 14.3. The van der Waals surface area contributed by atoms with Gasteiger partial charge in [-0.2, -0.15) is 0 Å². The summed E-state index contributed by atoms with van der Waals surface area (Å²) in [6, 6.07) is 11.8. The van der Waals surface area contributed by atoms with Crippen molar-refractivity contribution in [2.24, 2.45) is 5.92 Å². The first-order chi connectivity index (χ1) is 28.4. The number of aliphatic hydroxyl groups is 1. The van der Waals surface area contributed by atoms with Crippen molar-refractivity contribution in [3.05, 3.63) is 71.8 Å². The third kappa shape index (κ3) is 16.0. The molecular weight excluding hydrogens is 790 g/mol. The Kier molecular flexibility index (Phi) is 18.4. The molecule has 1 fully saturated rings. The lowest BCUT2D eigenvalue weighted by atomic mass is 10.0. The molecule has 0 aromatic heterocycles. The van der Waals surface area contributed by atoms with E-state index < -0.39 is 115 Å². The summed E-state index contributed by atoms with van der Waals surface area (Å²) in [5.74, 6) is -9.10. The van der Waals surface area contributed by atoms with Crippen LogP contribution < -0.4 is 32.0 Å². The van der Waals surface area contributed by atoms with E-state index in [9.17, 15) is 58.5 Å². The number of hydrazine groups is 1. The van der Waals surface area contributed by atoms with E-state index in [1.54, 1.807) is 74.5 Å². The summed E-state index contributed by atoms with van der Waals surface area (Å²) in [6.45, 7) is 4.90. The quantitative estimate of drug-likeness (QED) is 0.0512. The highest BCUT2D eigenvalue weighted by Gasteiger charge is 2.53. The van der Waals surface area contributed by atoms with Gasteiger partial charge in [0.15, 0.2) is 12.2 Å². The van der Waals surface area contributed by atoms with Gasteiger partial charge in [-0.15, -0.1) is 0 Å². The zero-order valence-electron chi connectivity index (χ0n) is 33.4. The average Bonchev–Trinajstić information content (AvgIpc) is 4.00. The minimum atomic E-state index is -1.92. The molecule has 9 N–H and O–H groups in total. The van der Waals surface area contributed by atoms with Crippen molar-refractivity contribution in [2.75, 3.05) is 6.54 Å². The van der Waals surface area contributed by atoms with E-state index in [0.29, 0.717) is 10.6 Å². The second-order valence-electron chi connectivity index (χ2n) is 14.3. The number of amides is 7. The summed E-state index contributed by atoms with van der Waals surface area (Å²) < 4.78 is 10.4. The minimum Gasteiger partial charge on any atom is -0.481 e. The summed E-state index contributed by atoms with van der Waals surface area (Å²) in [5.41, 5.74) is 3.48. The third-order valence-corrected chi connectivity index (χ3v) is 8.73. The molecule has 1 heterocycles. The highest BCUT2D eigenvalue weighted by Crippen LogP contribution is 2.24. The number of aliphatic carboxylic acids is 2. The lowest BCUT2D eigenvalue weighted by Crippen LogP contribution is -2.62. The van der Waals surface area contributed by atoms with E-state index in [-0.39, 0.29) is 25.5 Å². The number of nitrogens with one attached hydrogen (secondary N) is 6. The maximum absolute atomic E-state index is 13.5. The Morgan fingerprint density at radius 3 is 1.88 bits per heavy atom. The molecule has 1 aliphatic rings. The highest BCUT2D eigenvalue weighted by molar-refractivity contribution is 5.99. The first-order valence-corrected chi connectivity index (χ1v) is 18.9. The van der Waals surface area contributed by atoms with Crippen LogP contribution in [0.5, 0.6) is 0 Å². The van der Waals surface area contributed by atoms with Gasteiger partial charge < -0.3 is 51.4 Å². The van der Waals surface area contributed by atoms with Crippen LogP contribution in [-0.2, 0) is 61.0 Å². The largest absolute Gasteiger partial charge is 0.481 e. The lowest BCUT2D eigenvalue weighted by Gasteiger charge is -2.28. The van der Waals surface area contributed by atoms with E-state index in [2.05, 4.69) is 26.6 Å². The Labute approximate surface area is 344 Å². The van der Waals surface area contributed by atoms with Gasteiger partial charge in [-0.1, -0.05) is 74.5 Å². The molecule has 2 aromatic rings. The van der Waals surface area contributed by atoms with Crippen LogP contribution in [0.3, 0.4) is 0 Å². The van der Waals surface area contributed by atoms with Crippen molar-refractivity contribution in [1.82, 2.24) is 37.0 Å². The number of carboxylic acid groups (broad SMARTS) is 2. The second kappa shape index (κ2) is 23.1. The molecule has 2 aromatic carbocycles. The Morgan fingerprint density at radius 1 is 0.717 bits per heavy atom. The van der Waals surface area contributed by atoms with Gasteiger partial charge in [-0.25, -0.2) is 9.80 Å². The fourth-order valence-electron chi connectivity index (χ4n) is 5.54. The number of epoxide rings is 1. The molecule has 0 radical (unpaired) electrons. The maximum Gasteiger partial charge on any atom is 0.408 e. The van der Waals surface area contributed by atoms with Gasteiger partial charge in [-0.3, -0.25) is 43.8 Å². The molecule has 21 heteroatoms. The van der Waals surface area contributed by atoms with Gasteiger partial charge in [0.2, 0.25) is 17.7 Å². The predicted octanol–water partition coefficient (Wildman–Crippen LogP) is -0.924. The number of nitrogens with zero attached hydrogens (tertiary/aromatic N) is 1. The Hall–Kier alpha value is -6.61. The van der Waals surface area contributed by atoms with Crippen molar-refractivity contribution in [1.29, 1.82) is 0 Å². The van der Waals surface area contributed by atoms with Crippen LogP contribution in [0.25, 0.3) is 0 Å². The van der Waals surface area contributed by atoms with Crippen molar-refractivity contribution in [3.63, 3.8) is 0 Å². The monoisotopic (exact) mass is 841 g/mol. The van der Waals surface area contributed by atoms with E-state index >= 15 is 0 Å². The molecular formula is C39H51N7O14. The molecule has 21 nitrogen and oxygen atoms in total. The number of hydrogen-bond donors (Lipinski definition) is 9. The molecule has 1 aliphatic heterocycles. The first-order valence-electron chi connectivity index (χ1n) is 18.9. The predicted molar refractivity (Wildman–Crippen MR) is 207 cm³/mol. The maximum atomic E-state index is 13.5. The molecule has 7 amide bonds. The van der Waals surface area contributed by atoms with Crippen LogP contribution in [0.1, 0.15) is 58.1 Å². The number of carbonyl (C=O) groups excluding carboxylic acids is 7. The van der Waals surface area contributed by atoms with Gasteiger partial charge in [0.25, 0.3) is 17.7 Å². The zero-order valence-corrected chi connectivity index (χ0v) is 33.4. The van der Waals surface area contributed by atoms with Gasteiger partial charge in [0, 0.05) is 13.0 Å². The Balaban J connectivity index is 1.66. The summed E-state index contributed by atoms with van der Waals surface area (Å²) >= 11 is 0. The number of carbonyl (C=O) groups is 9. The van der Waals surface area contributed by atoms with Crippen LogP contribution in [0.15, 0.2) is 60.7 Å². The number of aliphatic hydroxyl groups excluding tert-OH is 1. The van der Waals surface area contributed by atoms with Crippen LogP contribution in [0.4, 0.5) is 4.79 Å². The molecule has 60 heavy (non-hydrogen) atoms.